The van der Waals surface area contributed by atoms with Crippen LogP contribution in [0.5, 0.6) is 0 Å². The Balaban J connectivity index is 1.82. The molecular weight excluding hydrogens is 296 g/mol. The lowest BCUT2D eigenvalue weighted by atomic mass is 9.93. The lowest BCUT2D eigenvalue weighted by molar-refractivity contribution is -0.188. The van der Waals surface area contributed by atoms with Crippen LogP contribution in [0.2, 0.25) is 0 Å². The van der Waals surface area contributed by atoms with E-state index in [9.17, 15) is 9.59 Å². The van der Waals surface area contributed by atoms with E-state index < -0.39 is 0 Å². The minimum atomic E-state index is -0.389. The molecule has 1 spiro atoms. The number of Topliss-reactive ketones (excluding diaryl/α,β-unsaturated/α-hetero) is 1. The van der Waals surface area contributed by atoms with Crippen molar-refractivity contribution in [3.63, 3.8) is 0 Å². The fourth-order valence-electron chi connectivity index (χ4n) is 3.55. The molecule has 3 rings (SSSR count). The largest absolute Gasteiger partial charge is 0.378 e. The molecule has 2 atom stereocenters. The fraction of sp³-hybridized carbons (Fsp3) is 0.647. The van der Waals surface area contributed by atoms with E-state index in [1.54, 1.807) is 23.9 Å². The van der Waals surface area contributed by atoms with E-state index in [-0.39, 0.29) is 23.4 Å². The van der Waals surface area contributed by atoms with Crippen LogP contribution in [0.1, 0.15) is 47.5 Å². The molecule has 0 aromatic carbocycles. The Labute approximate surface area is 136 Å². The van der Waals surface area contributed by atoms with Gasteiger partial charge in [0.1, 0.15) is 11.3 Å². The third kappa shape index (κ3) is 3.19. The number of hydrogen-bond acceptors (Lipinski definition) is 4. The third-order valence-electron chi connectivity index (χ3n) is 4.61. The van der Waals surface area contributed by atoms with E-state index >= 15 is 0 Å². The molecule has 0 unspecified atom stereocenters. The van der Waals surface area contributed by atoms with E-state index in [2.05, 4.69) is 0 Å². The average molecular weight is 320 g/mol. The zero-order chi connectivity index (χ0) is 16.6. The van der Waals surface area contributed by atoms with Crippen molar-refractivity contribution >= 4 is 11.7 Å². The lowest BCUT2D eigenvalue weighted by Crippen LogP contribution is -2.59. The van der Waals surface area contributed by atoms with Gasteiger partial charge in [0, 0.05) is 32.0 Å². The molecule has 23 heavy (non-hydrogen) atoms. The third-order valence-corrected chi connectivity index (χ3v) is 4.61. The van der Waals surface area contributed by atoms with Gasteiger partial charge in [-0.25, -0.2) is 0 Å². The molecule has 0 N–H and O–H groups in total. The first-order valence-electron chi connectivity index (χ1n) is 8.12. The van der Waals surface area contributed by atoms with Crippen LogP contribution in [0.15, 0.2) is 12.3 Å². The predicted octanol–water partition coefficient (Wildman–Crippen LogP) is 1.64. The molecule has 1 amide bonds. The summed E-state index contributed by atoms with van der Waals surface area (Å²) in [6.45, 7) is 5.88. The second-order valence-corrected chi connectivity index (χ2v) is 6.73. The molecule has 2 aliphatic heterocycles. The van der Waals surface area contributed by atoms with Crippen molar-refractivity contribution in [3.05, 3.63) is 23.5 Å². The van der Waals surface area contributed by atoms with E-state index in [0.717, 1.165) is 19.4 Å². The van der Waals surface area contributed by atoms with Gasteiger partial charge in [0.05, 0.1) is 19.3 Å². The van der Waals surface area contributed by atoms with E-state index in [1.165, 1.54) is 6.92 Å². The summed E-state index contributed by atoms with van der Waals surface area (Å²) in [5.41, 5.74) is 0.712. The summed E-state index contributed by atoms with van der Waals surface area (Å²) >= 11 is 0. The van der Waals surface area contributed by atoms with Gasteiger partial charge < -0.3 is 18.9 Å². The first-order chi connectivity index (χ1) is 10.9. The number of hydrogen-bond donors (Lipinski definition) is 0. The van der Waals surface area contributed by atoms with Crippen LogP contribution in [0.3, 0.4) is 0 Å². The Kier molecular flexibility index (Phi) is 4.29. The van der Waals surface area contributed by atoms with Gasteiger partial charge >= 0.3 is 0 Å². The van der Waals surface area contributed by atoms with Gasteiger partial charge in [0.2, 0.25) is 0 Å². The van der Waals surface area contributed by atoms with E-state index in [4.69, 9.17) is 9.47 Å². The van der Waals surface area contributed by atoms with Crippen LogP contribution in [-0.2, 0) is 16.5 Å². The van der Waals surface area contributed by atoms with E-state index in [0.29, 0.717) is 31.0 Å². The second kappa shape index (κ2) is 6.09. The molecule has 0 aliphatic carbocycles. The maximum absolute atomic E-state index is 12.9. The second-order valence-electron chi connectivity index (χ2n) is 6.73. The number of ether oxygens (including phenoxy) is 2. The fourth-order valence-corrected chi connectivity index (χ4v) is 3.55. The molecule has 0 bridgehead atoms. The molecule has 2 aliphatic rings. The summed E-state index contributed by atoms with van der Waals surface area (Å²) in [6, 6.07) is 1.68. The van der Waals surface area contributed by atoms with E-state index in [1.807, 2.05) is 11.8 Å². The molecule has 0 saturated carbocycles. The summed E-state index contributed by atoms with van der Waals surface area (Å²) in [6.07, 6.45) is 3.54. The molecule has 126 valence electrons. The van der Waals surface area contributed by atoms with Crippen LogP contribution < -0.4 is 0 Å². The summed E-state index contributed by atoms with van der Waals surface area (Å²) in [4.78, 5) is 26.3. The lowest BCUT2D eigenvalue weighted by Gasteiger charge is -2.47. The number of aromatic nitrogens is 1. The number of rotatable bonds is 2. The maximum Gasteiger partial charge on any atom is 0.270 e. The van der Waals surface area contributed by atoms with Gasteiger partial charge in [-0.2, -0.15) is 0 Å². The van der Waals surface area contributed by atoms with Crippen molar-refractivity contribution in [1.82, 2.24) is 9.47 Å². The van der Waals surface area contributed by atoms with Gasteiger partial charge in [-0.05, 0) is 32.8 Å². The van der Waals surface area contributed by atoms with Crippen LogP contribution in [-0.4, -0.2) is 59.2 Å². The summed E-state index contributed by atoms with van der Waals surface area (Å²) in [5, 5.41) is 0. The van der Waals surface area contributed by atoms with Crippen LogP contribution in [0.25, 0.3) is 0 Å². The molecule has 3 heterocycles. The molecule has 6 nitrogen and oxygen atoms in total. The standard InChI is InChI=1S/C17H24N2O4/c1-12-8-19(10-17(23-12)5-4-6-22-11-17)16(21)15-7-14(13(2)20)9-18(15)3/h7,9,12H,4-6,8,10-11H2,1-3H3/t12-,17+/m1/s1. The normalized spacial score (nSPS) is 28.1. The van der Waals surface area contributed by atoms with Gasteiger partial charge in [0.25, 0.3) is 5.91 Å². The number of carbonyl (C=O) groups is 2. The predicted molar refractivity (Wildman–Crippen MR) is 84.7 cm³/mol. The zero-order valence-electron chi connectivity index (χ0n) is 14.0. The highest BCUT2D eigenvalue weighted by molar-refractivity contribution is 5.99. The minimum Gasteiger partial charge on any atom is -0.378 e. The highest BCUT2D eigenvalue weighted by atomic mass is 16.6. The van der Waals surface area contributed by atoms with Gasteiger partial charge in [-0.1, -0.05) is 0 Å². The van der Waals surface area contributed by atoms with Gasteiger partial charge in [0.15, 0.2) is 5.78 Å². The topological polar surface area (TPSA) is 60.8 Å². The molecule has 6 heteroatoms. The Morgan fingerprint density at radius 2 is 2.17 bits per heavy atom. The van der Waals surface area contributed by atoms with Crippen LogP contribution in [0, 0.1) is 0 Å². The van der Waals surface area contributed by atoms with Gasteiger partial charge in [-0.3, -0.25) is 9.59 Å². The van der Waals surface area contributed by atoms with Crippen LogP contribution in [0.4, 0.5) is 0 Å². The maximum atomic E-state index is 12.9. The Hall–Kier alpha value is -1.66. The number of carbonyl (C=O) groups excluding carboxylic acids is 2. The van der Waals surface area contributed by atoms with Crippen molar-refractivity contribution in [2.45, 2.75) is 38.4 Å². The Morgan fingerprint density at radius 1 is 1.39 bits per heavy atom. The Bertz CT molecular complexity index is 616. The van der Waals surface area contributed by atoms with Gasteiger partial charge in [-0.15, -0.1) is 0 Å². The highest BCUT2D eigenvalue weighted by Gasteiger charge is 2.43. The number of nitrogens with zero attached hydrogens (tertiary/aromatic N) is 2. The molecule has 0 radical (unpaired) electrons. The summed E-state index contributed by atoms with van der Waals surface area (Å²) in [5.74, 6) is -0.0905. The molecular formula is C17H24N2O4. The molecule has 1 aromatic rings. The molecule has 2 fully saturated rings. The SMILES string of the molecule is CC(=O)c1cc(C(=O)N2C[C@@H](C)O[C@@]3(CCCOC3)C2)n(C)c1. The average Bonchev–Trinajstić information content (AvgIpc) is 2.88. The van der Waals surface area contributed by atoms with Crippen molar-refractivity contribution in [3.8, 4) is 0 Å². The first-order valence-corrected chi connectivity index (χ1v) is 8.12. The smallest absolute Gasteiger partial charge is 0.270 e. The van der Waals surface area contributed by atoms with Crippen molar-refractivity contribution in [2.75, 3.05) is 26.3 Å². The highest BCUT2D eigenvalue weighted by Crippen LogP contribution is 2.30. The number of morpholine rings is 1. The first kappa shape index (κ1) is 16.2. The Morgan fingerprint density at radius 3 is 2.78 bits per heavy atom. The number of amides is 1. The number of aryl methyl sites for hydroxylation is 1. The zero-order valence-corrected chi connectivity index (χ0v) is 14.0. The number of ketones is 1. The van der Waals surface area contributed by atoms with Crippen molar-refractivity contribution < 1.29 is 19.1 Å². The molecule has 2 saturated heterocycles. The van der Waals surface area contributed by atoms with Crippen LogP contribution >= 0.6 is 0 Å². The monoisotopic (exact) mass is 320 g/mol. The summed E-state index contributed by atoms with van der Waals surface area (Å²) in [7, 11) is 1.79. The molecule has 1 aromatic heterocycles. The van der Waals surface area contributed by atoms with Crippen molar-refractivity contribution in [2.24, 2.45) is 7.05 Å². The van der Waals surface area contributed by atoms with Crippen molar-refractivity contribution in [1.29, 1.82) is 0 Å². The quantitative estimate of drug-likeness (QED) is 0.777. The minimum absolute atomic E-state index is 0.0260. The summed E-state index contributed by atoms with van der Waals surface area (Å²) < 4.78 is 13.4.